The predicted octanol–water partition coefficient (Wildman–Crippen LogP) is 2.36. The lowest BCUT2D eigenvalue weighted by Gasteiger charge is -2.12. The zero-order valence-electron chi connectivity index (χ0n) is 13.0. The van der Waals surface area contributed by atoms with Crippen LogP contribution in [0.25, 0.3) is 10.2 Å². The monoisotopic (exact) mass is 363 g/mol. The fourth-order valence-corrected chi connectivity index (χ4v) is 3.47. The van der Waals surface area contributed by atoms with Gasteiger partial charge in [-0.3, -0.25) is 18.7 Å². The van der Waals surface area contributed by atoms with Gasteiger partial charge in [-0.15, -0.1) is 11.3 Å². The van der Waals surface area contributed by atoms with Crippen LogP contribution < -0.4 is 16.6 Å². The highest BCUT2D eigenvalue weighted by atomic mass is 35.5. The van der Waals surface area contributed by atoms with Gasteiger partial charge in [-0.1, -0.05) is 17.7 Å². The quantitative estimate of drug-likeness (QED) is 0.776. The summed E-state index contributed by atoms with van der Waals surface area (Å²) in [7, 11) is 1.40. The highest BCUT2D eigenvalue weighted by Gasteiger charge is 2.15. The molecule has 0 aliphatic rings. The maximum atomic E-state index is 12.4. The van der Waals surface area contributed by atoms with Gasteiger partial charge in [0.1, 0.15) is 11.2 Å². The van der Waals surface area contributed by atoms with E-state index in [9.17, 15) is 14.4 Å². The molecule has 3 aromatic rings. The van der Waals surface area contributed by atoms with Gasteiger partial charge in [0.05, 0.1) is 5.52 Å². The lowest BCUT2D eigenvalue weighted by molar-refractivity contribution is -0.116. The van der Waals surface area contributed by atoms with Gasteiger partial charge in [0.15, 0.2) is 0 Å². The van der Waals surface area contributed by atoms with Crippen molar-refractivity contribution in [3.8, 4) is 0 Å². The van der Waals surface area contributed by atoms with Gasteiger partial charge in [-0.05, 0) is 36.1 Å². The highest BCUT2D eigenvalue weighted by Crippen LogP contribution is 2.23. The summed E-state index contributed by atoms with van der Waals surface area (Å²) in [5.74, 6) is -0.367. The number of rotatable bonds is 3. The Kier molecular flexibility index (Phi) is 4.29. The molecule has 0 bridgehead atoms. The molecule has 0 aliphatic heterocycles. The first-order chi connectivity index (χ1) is 11.4. The first-order valence-electron chi connectivity index (χ1n) is 7.12. The number of anilines is 1. The van der Waals surface area contributed by atoms with Crippen molar-refractivity contribution in [1.29, 1.82) is 0 Å². The molecule has 0 fully saturated rings. The molecule has 0 radical (unpaired) electrons. The molecule has 124 valence electrons. The van der Waals surface area contributed by atoms with Crippen LogP contribution in [-0.2, 0) is 18.4 Å². The summed E-state index contributed by atoms with van der Waals surface area (Å²) in [6.07, 6.45) is 0. The fourth-order valence-electron chi connectivity index (χ4n) is 2.43. The molecule has 3 rings (SSSR count). The molecule has 1 N–H and O–H groups in total. The molecule has 8 heteroatoms. The second kappa shape index (κ2) is 6.26. The Balaban J connectivity index is 1.97. The Hall–Kier alpha value is -2.38. The Morgan fingerprint density at radius 2 is 2.04 bits per heavy atom. The SMILES string of the molecule is Cc1c(Cl)cccc1NC(=O)Cn1c(=O)n(C)c(=O)c2sccc21. The van der Waals surface area contributed by atoms with E-state index in [1.165, 1.54) is 23.0 Å². The van der Waals surface area contributed by atoms with Crippen LogP contribution in [0.1, 0.15) is 5.56 Å². The number of hydrogen-bond acceptors (Lipinski definition) is 4. The number of benzene rings is 1. The van der Waals surface area contributed by atoms with Crippen LogP contribution in [0, 0.1) is 6.92 Å². The summed E-state index contributed by atoms with van der Waals surface area (Å²) < 4.78 is 2.75. The number of amides is 1. The maximum absolute atomic E-state index is 12.4. The third kappa shape index (κ3) is 2.76. The first-order valence-corrected chi connectivity index (χ1v) is 8.38. The van der Waals surface area contributed by atoms with Crippen LogP contribution in [0.2, 0.25) is 5.02 Å². The van der Waals surface area contributed by atoms with Crippen LogP contribution in [0.3, 0.4) is 0 Å². The van der Waals surface area contributed by atoms with Gasteiger partial charge in [0, 0.05) is 17.8 Å². The zero-order valence-corrected chi connectivity index (χ0v) is 14.6. The van der Waals surface area contributed by atoms with Gasteiger partial charge in [0.25, 0.3) is 5.56 Å². The largest absolute Gasteiger partial charge is 0.331 e. The molecule has 24 heavy (non-hydrogen) atoms. The van der Waals surface area contributed by atoms with Crippen molar-refractivity contribution in [3.63, 3.8) is 0 Å². The standard InChI is InChI=1S/C16H14ClN3O3S/c1-9-10(17)4-3-5-11(9)18-13(21)8-20-12-6-7-24-14(12)15(22)19(2)16(20)23/h3-7H,8H2,1-2H3,(H,18,21). The van der Waals surface area contributed by atoms with Crippen LogP contribution in [-0.4, -0.2) is 15.0 Å². The van der Waals surface area contributed by atoms with Gasteiger partial charge >= 0.3 is 5.69 Å². The van der Waals surface area contributed by atoms with E-state index < -0.39 is 5.69 Å². The third-order valence-corrected chi connectivity index (χ3v) is 5.10. The first kappa shape index (κ1) is 16.5. The fraction of sp³-hybridized carbons (Fsp3) is 0.188. The van der Waals surface area contributed by atoms with E-state index in [-0.39, 0.29) is 18.0 Å². The summed E-state index contributed by atoms with van der Waals surface area (Å²) in [6, 6.07) is 6.88. The molecule has 0 aliphatic carbocycles. The average Bonchev–Trinajstić information content (AvgIpc) is 3.03. The predicted molar refractivity (Wildman–Crippen MR) is 96.1 cm³/mol. The number of carbonyl (C=O) groups is 1. The summed E-state index contributed by atoms with van der Waals surface area (Å²) in [5, 5.41) is 5.02. The van der Waals surface area contributed by atoms with E-state index in [0.717, 1.165) is 10.1 Å². The summed E-state index contributed by atoms with van der Waals surface area (Å²) in [6.45, 7) is 1.61. The Morgan fingerprint density at radius 1 is 1.29 bits per heavy atom. The average molecular weight is 364 g/mol. The van der Waals surface area contributed by atoms with Crippen LogP contribution in [0.15, 0.2) is 39.2 Å². The van der Waals surface area contributed by atoms with Crippen molar-refractivity contribution in [1.82, 2.24) is 9.13 Å². The maximum Gasteiger partial charge on any atom is 0.331 e. The molecule has 2 aromatic heterocycles. The van der Waals surface area contributed by atoms with Gasteiger partial charge in [-0.25, -0.2) is 4.79 Å². The molecule has 1 amide bonds. The molecule has 0 unspecified atom stereocenters. The third-order valence-electron chi connectivity index (χ3n) is 3.80. The second-order valence-corrected chi connectivity index (χ2v) is 6.65. The minimum atomic E-state index is -0.524. The summed E-state index contributed by atoms with van der Waals surface area (Å²) in [5.41, 5.74) is 0.926. The van der Waals surface area contributed by atoms with E-state index in [1.54, 1.807) is 36.6 Å². The number of halogens is 1. The van der Waals surface area contributed by atoms with Crippen LogP contribution in [0.5, 0.6) is 0 Å². The smallest absolute Gasteiger partial charge is 0.324 e. The molecule has 6 nitrogen and oxygen atoms in total. The molecule has 0 saturated heterocycles. The van der Waals surface area contributed by atoms with Crippen molar-refractivity contribution in [3.05, 3.63) is 61.1 Å². The van der Waals surface area contributed by atoms with Crippen molar-refractivity contribution < 1.29 is 4.79 Å². The minimum absolute atomic E-state index is 0.188. The molecular formula is C16H14ClN3O3S. The second-order valence-electron chi connectivity index (χ2n) is 5.33. The molecule has 0 spiro atoms. The number of hydrogen-bond donors (Lipinski definition) is 1. The Bertz CT molecular complexity index is 1060. The van der Waals surface area contributed by atoms with Crippen LogP contribution >= 0.6 is 22.9 Å². The van der Waals surface area contributed by atoms with E-state index in [2.05, 4.69) is 5.32 Å². The number of nitrogens with zero attached hydrogens (tertiary/aromatic N) is 2. The number of carbonyl (C=O) groups excluding carboxylic acids is 1. The molecular weight excluding hydrogens is 350 g/mol. The Labute approximate surface area is 145 Å². The molecule has 1 aromatic carbocycles. The van der Waals surface area contributed by atoms with Gasteiger partial charge < -0.3 is 5.32 Å². The Morgan fingerprint density at radius 3 is 2.79 bits per heavy atom. The lowest BCUT2D eigenvalue weighted by Crippen LogP contribution is -2.39. The van der Waals surface area contributed by atoms with E-state index in [0.29, 0.717) is 20.9 Å². The highest BCUT2D eigenvalue weighted by molar-refractivity contribution is 7.17. The summed E-state index contributed by atoms with van der Waals surface area (Å²) >= 11 is 7.29. The van der Waals surface area contributed by atoms with E-state index in [1.807, 2.05) is 0 Å². The van der Waals surface area contributed by atoms with Crippen molar-refractivity contribution in [2.45, 2.75) is 13.5 Å². The molecule has 0 saturated carbocycles. The lowest BCUT2D eigenvalue weighted by atomic mass is 10.2. The number of fused-ring (bicyclic) bond motifs is 1. The van der Waals surface area contributed by atoms with Crippen LogP contribution in [0.4, 0.5) is 5.69 Å². The summed E-state index contributed by atoms with van der Waals surface area (Å²) in [4.78, 5) is 36.8. The molecule has 0 atom stereocenters. The zero-order chi connectivity index (χ0) is 17.4. The van der Waals surface area contributed by atoms with Gasteiger partial charge in [-0.2, -0.15) is 0 Å². The number of aromatic nitrogens is 2. The molecule has 2 heterocycles. The van der Waals surface area contributed by atoms with E-state index >= 15 is 0 Å². The number of nitrogens with one attached hydrogen (secondary N) is 1. The normalized spacial score (nSPS) is 11.0. The van der Waals surface area contributed by atoms with Crippen molar-refractivity contribution in [2.24, 2.45) is 7.05 Å². The topological polar surface area (TPSA) is 73.1 Å². The number of thiophene rings is 1. The van der Waals surface area contributed by atoms with Gasteiger partial charge in [0.2, 0.25) is 5.91 Å². The van der Waals surface area contributed by atoms with Crippen molar-refractivity contribution in [2.75, 3.05) is 5.32 Å². The minimum Gasteiger partial charge on any atom is -0.324 e. The van der Waals surface area contributed by atoms with Crippen molar-refractivity contribution >= 4 is 44.7 Å². The van der Waals surface area contributed by atoms with E-state index in [4.69, 9.17) is 11.6 Å².